The topological polar surface area (TPSA) is 136 Å². The first-order chi connectivity index (χ1) is 16.1. The lowest BCUT2D eigenvalue weighted by Gasteiger charge is -2.35. The molecule has 3 aliphatic rings. The SMILES string of the molecule is CNC(=O)c1c(C(N)=O)nc2n1C1CC(C1)c1cc(F)c(C#CC(C)(O)c3cc(C)on3)cc1-2. The molecule has 1 aliphatic carbocycles. The Morgan fingerprint density at radius 2 is 2.09 bits per heavy atom. The number of carbonyl (C=O) groups excluding carboxylic acids is 2. The minimum absolute atomic E-state index is 0.0370. The Morgan fingerprint density at radius 3 is 2.71 bits per heavy atom. The standard InChI is InChI=1S/C24H22FN5O4/c1-11-6-18(29-34-11)24(2,33)5-4-12-9-16-15(10-17(12)25)13-7-14(8-13)30-20(23(32)27-3)19(21(26)31)28-22(16)30/h6,9-10,13-14,33H,7-8H2,1-3H3,(H2,26,31)(H,27,32). The van der Waals surface area contributed by atoms with Gasteiger partial charge in [0.1, 0.15) is 28.8 Å². The average molecular weight is 463 g/mol. The lowest BCUT2D eigenvalue weighted by Crippen LogP contribution is -2.30. The van der Waals surface area contributed by atoms with Gasteiger partial charge in [0.25, 0.3) is 11.8 Å². The molecule has 10 heteroatoms. The predicted molar refractivity (Wildman–Crippen MR) is 118 cm³/mol. The summed E-state index contributed by atoms with van der Waals surface area (Å²) in [6.07, 6.45) is 1.37. The van der Waals surface area contributed by atoms with Gasteiger partial charge in [-0.3, -0.25) is 9.59 Å². The van der Waals surface area contributed by atoms with Crippen molar-refractivity contribution in [1.82, 2.24) is 20.0 Å². The molecule has 9 nitrogen and oxygen atoms in total. The van der Waals surface area contributed by atoms with Gasteiger partial charge in [0.15, 0.2) is 11.3 Å². The Kier molecular flexibility index (Phi) is 4.84. The minimum Gasteiger partial charge on any atom is -0.372 e. The van der Waals surface area contributed by atoms with Gasteiger partial charge in [0.05, 0.1) is 5.56 Å². The van der Waals surface area contributed by atoms with Crippen LogP contribution in [0.15, 0.2) is 22.7 Å². The number of aromatic nitrogens is 3. The van der Waals surface area contributed by atoms with Crippen molar-refractivity contribution in [1.29, 1.82) is 0 Å². The van der Waals surface area contributed by atoms with Crippen molar-refractivity contribution in [3.63, 3.8) is 0 Å². The van der Waals surface area contributed by atoms with Gasteiger partial charge >= 0.3 is 0 Å². The molecular formula is C24H22FN5O4. The van der Waals surface area contributed by atoms with Gasteiger partial charge in [-0.05, 0) is 50.3 Å². The molecule has 4 N–H and O–H groups in total. The molecule has 34 heavy (non-hydrogen) atoms. The lowest BCUT2D eigenvalue weighted by atomic mass is 9.75. The highest BCUT2D eigenvalue weighted by Gasteiger charge is 2.42. The van der Waals surface area contributed by atoms with E-state index in [1.807, 2.05) is 0 Å². The summed E-state index contributed by atoms with van der Waals surface area (Å²) in [7, 11) is 1.46. The van der Waals surface area contributed by atoms with E-state index in [2.05, 4.69) is 27.3 Å². The van der Waals surface area contributed by atoms with Crippen molar-refractivity contribution in [3.8, 4) is 23.2 Å². The highest BCUT2D eigenvalue weighted by atomic mass is 19.1. The van der Waals surface area contributed by atoms with Gasteiger partial charge in [0.2, 0.25) is 0 Å². The number of aliphatic hydroxyl groups is 1. The van der Waals surface area contributed by atoms with Crippen LogP contribution in [0.25, 0.3) is 11.4 Å². The zero-order valence-electron chi connectivity index (χ0n) is 18.8. The summed E-state index contributed by atoms with van der Waals surface area (Å²) >= 11 is 0. The molecule has 2 amide bonds. The molecule has 0 spiro atoms. The number of imidazole rings is 1. The van der Waals surface area contributed by atoms with Crippen LogP contribution in [0.4, 0.5) is 4.39 Å². The summed E-state index contributed by atoms with van der Waals surface area (Å²) in [6, 6.07) is 4.45. The first kappa shape index (κ1) is 21.9. The number of primary amides is 1. The normalized spacial score (nSPS) is 19.4. The number of nitrogens with one attached hydrogen (secondary N) is 1. The Morgan fingerprint density at radius 1 is 1.35 bits per heavy atom. The maximum absolute atomic E-state index is 15.1. The highest BCUT2D eigenvalue weighted by Crippen LogP contribution is 2.53. The fraction of sp³-hybridized carbons (Fsp3) is 0.333. The van der Waals surface area contributed by atoms with Gasteiger partial charge in [-0.25, -0.2) is 9.37 Å². The molecule has 2 aliphatic heterocycles. The molecule has 0 saturated heterocycles. The minimum atomic E-state index is -1.66. The Balaban J connectivity index is 1.67. The fourth-order valence-electron chi connectivity index (χ4n) is 4.60. The molecule has 1 aromatic carbocycles. The van der Waals surface area contributed by atoms with Crippen LogP contribution in [0.5, 0.6) is 0 Å². The van der Waals surface area contributed by atoms with Crippen LogP contribution >= 0.6 is 0 Å². The second-order valence-electron chi connectivity index (χ2n) is 8.83. The van der Waals surface area contributed by atoms with Crippen molar-refractivity contribution < 1.29 is 23.6 Å². The molecule has 1 saturated carbocycles. The number of aryl methyl sites for hydroxylation is 1. The number of benzene rings is 1. The third kappa shape index (κ3) is 3.28. The van der Waals surface area contributed by atoms with Crippen LogP contribution in [0, 0.1) is 24.6 Å². The second kappa shape index (κ2) is 7.53. The average Bonchev–Trinajstić information content (AvgIpc) is 3.31. The molecule has 4 heterocycles. The van der Waals surface area contributed by atoms with Crippen molar-refractivity contribution in [2.45, 2.75) is 44.2 Å². The number of nitrogens with zero attached hydrogens (tertiary/aromatic N) is 3. The predicted octanol–water partition coefficient (Wildman–Crippen LogP) is 2.14. The van der Waals surface area contributed by atoms with Crippen molar-refractivity contribution in [2.24, 2.45) is 5.73 Å². The van der Waals surface area contributed by atoms with Crippen LogP contribution in [0.2, 0.25) is 0 Å². The van der Waals surface area contributed by atoms with Crippen LogP contribution < -0.4 is 11.1 Å². The lowest BCUT2D eigenvalue weighted by molar-refractivity contribution is 0.0928. The summed E-state index contributed by atoms with van der Waals surface area (Å²) in [5.41, 5.74) is 5.39. The Bertz CT molecular complexity index is 1420. The maximum atomic E-state index is 15.1. The summed E-state index contributed by atoms with van der Waals surface area (Å²) in [4.78, 5) is 29.1. The summed E-state index contributed by atoms with van der Waals surface area (Å²) in [5.74, 6) is 4.50. The number of rotatable bonds is 3. The maximum Gasteiger partial charge on any atom is 0.270 e. The van der Waals surface area contributed by atoms with Crippen molar-refractivity contribution in [2.75, 3.05) is 7.05 Å². The van der Waals surface area contributed by atoms with Crippen molar-refractivity contribution in [3.05, 3.63) is 58.0 Å². The van der Waals surface area contributed by atoms with E-state index in [-0.39, 0.29) is 34.6 Å². The van der Waals surface area contributed by atoms with Gasteiger partial charge < -0.3 is 25.2 Å². The highest BCUT2D eigenvalue weighted by molar-refractivity contribution is 6.05. The molecular weight excluding hydrogens is 441 g/mol. The van der Waals surface area contributed by atoms with Crippen LogP contribution in [-0.4, -0.2) is 38.7 Å². The first-order valence-electron chi connectivity index (χ1n) is 10.8. The van der Waals surface area contributed by atoms with Gasteiger partial charge in [0, 0.05) is 24.7 Å². The first-order valence-corrected chi connectivity index (χ1v) is 10.8. The third-order valence-electron chi connectivity index (χ3n) is 6.45. The van der Waals surface area contributed by atoms with E-state index < -0.39 is 23.2 Å². The smallest absolute Gasteiger partial charge is 0.270 e. The van der Waals surface area contributed by atoms with E-state index in [0.717, 1.165) is 5.56 Å². The van der Waals surface area contributed by atoms with Crippen LogP contribution in [0.1, 0.15) is 75.3 Å². The number of carbonyl (C=O) groups is 2. The van der Waals surface area contributed by atoms with E-state index in [9.17, 15) is 14.7 Å². The Labute approximate surface area is 194 Å². The van der Waals surface area contributed by atoms with Crippen LogP contribution in [0.3, 0.4) is 0 Å². The fourth-order valence-corrected chi connectivity index (χ4v) is 4.60. The monoisotopic (exact) mass is 463 g/mol. The molecule has 174 valence electrons. The van der Waals surface area contributed by atoms with Gasteiger partial charge in [-0.1, -0.05) is 17.0 Å². The molecule has 2 aromatic heterocycles. The summed E-state index contributed by atoms with van der Waals surface area (Å²) < 4.78 is 21.8. The zero-order valence-corrected chi connectivity index (χ0v) is 18.8. The third-order valence-corrected chi connectivity index (χ3v) is 6.45. The Hall–Kier alpha value is -3.97. The summed E-state index contributed by atoms with van der Waals surface area (Å²) in [6.45, 7) is 3.13. The number of halogens is 1. The number of amides is 2. The molecule has 0 radical (unpaired) electrons. The summed E-state index contributed by atoms with van der Waals surface area (Å²) in [5, 5.41) is 17.0. The van der Waals surface area contributed by atoms with E-state index in [1.165, 1.54) is 20.0 Å². The quantitative estimate of drug-likeness (QED) is 0.509. The largest absolute Gasteiger partial charge is 0.372 e. The van der Waals surface area contributed by atoms with E-state index in [1.54, 1.807) is 23.6 Å². The molecule has 1 unspecified atom stereocenters. The van der Waals surface area contributed by atoms with Crippen LogP contribution in [-0.2, 0) is 5.60 Å². The van der Waals surface area contributed by atoms with E-state index >= 15 is 4.39 Å². The molecule has 1 atom stereocenters. The van der Waals surface area contributed by atoms with Gasteiger partial charge in [-0.2, -0.15) is 0 Å². The molecule has 2 bridgehead atoms. The molecule has 3 aromatic rings. The number of hydrogen-bond acceptors (Lipinski definition) is 6. The van der Waals surface area contributed by atoms with Crippen molar-refractivity contribution >= 4 is 11.8 Å². The van der Waals surface area contributed by atoms with E-state index in [4.69, 9.17) is 10.3 Å². The molecule has 1 fully saturated rings. The number of hydrogen-bond donors (Lipinski definition) is 3. The van der Waals surface area contributed by atoms with Gasteiger partial charge in [-0.15, -0.1) is 0 Å². The second-order valence-corrected chi connectivity index (χ2v) is 8.83. The zero-order chi connectivity index (χ0) is 24.4. The van der Waals surface area contributed by atoms with E-state index in [0.29, 0.717) is 30.0 Å². The number of nitrogens with two attached hydrogens (primary N) is 1. The molecule has 6 rings (SSSR count).